The Hall–Kier alpha value is -4.96. The summed E-state index contributed by atoms with van der Waals surface area (Å²) in [4.78, 5) is 5.37. The topological polar surface area (TPSA) is 19.6 Å². The van der Waals surface area contributed by atoms with Crippen molar-refractivity contribution in [1.82, 2.24) is 0 Å². The highest BCUT2D eigenvalue weighted by Gasteiger charge is 2.53. The van der Waals surface area contributed by atoms with Crippen LogP contribution in [0.2, 0.25) is 0 Å². The van der Waals surface area contributed by atoms with Gasteiger partial charge in [0.15, 0.2) is 0 Å². The van der Waals surface area contributed by atoms with E-state index in [1.54, 1.807) is 0 Å². The number of fused-ring (bicyclic) bond motifs is 7. The second-order valence-electron chi connectivity index (χ2n) is 25.3. The number of hydrogen-bond donors (Lipinski definition) is 0. The number of anilines is 5. The molecular weight excluding hydrogens is 787 g/mol. The van der Waals surface area contributed by atoms with Gasteiger partial charge in [0.2, 0.25) is 0 Å². The SMILES string of the molecule is Cc1cc2c3c(c1)N(c1ccc(C(C)(C)C)cc1C)c1cc4c(cc1B3c1oc3c(c1N2Cc1ccc(C(C)(C)C)cc1-c1ccccc1)C(C)(C)CCC3(C)C)C(C)(C)CCC4(C)C. The summed E-state index contributed by atoms with van der Waals surface area (Å²) >= 11 is 0. The van der Waals surface area contributed by atoms with E-state index in [0.29, 0.717) is 0 Å². The van der Waals surface area contributed by atoms with Crippen molar-refractivity contribution in [2.75, 3.05) is 9.80 Å². The fourth-order valence-corrected chi connectivity index (χ4v) is 12.1. The summed E-state index contributed by atoms with van der Waals surface area (Å²) in [5.41, 5.74) is 23.8. The van der Waals surface area contributed by atoms with E-state index in [1.807, 2.05) is 0 Å². The minimum Gasteiger partial charge on any atom is -0.472 e. The number of aryl methyl sites for hydroxylation is 2. The van der Waals surface area contributed by atoms with E-state index in [9.17, 15) is 0 Å². The molecule has 0 radical (unpaired) electrons. The summed E-state index contributed by atoms with van der Waals surface area (Å²) in [6, 6.07) is 35.9. The zero-order valence-corrected chi connectivity index (χ0v) is 42.6. The first kappa shape index (κ1) is 43.9. The number of benzene rings is 5. The molecule has 3 nitrogen and oxygen atoms in total. The highest BCUT2D eigenvalue weighted by Crippen LogP contribution is 2.55. The van der Waals surface area contributed by atoms with Crippen molar-refractivity contribution in [3.63, 3.8) is 0 Å². The molecule has 0 amide bonds. The van der Waals surface area contributed by atoms with E-state index < -0.39 is 0 Å². The summed E-state index contributed by atoms with van der Waals surface area (Å²) in [6.45, 7) is 39.0. The standard InChI is InChI=1S/C61H73BN2O/c1-37-30-49-52-50(31-37)64(47-25-24-41(32-38(47)2)56(3,4)5)48-35-45-44(58(9,10)26-27-59(45,11)12)34-46(48)62(52)55-53(51-54(65-55)61(15,16)29-28-60(51,13)14)63(49)36-40-22-23-42(57(6,7)8)33-43(40)39-20-18-17-19-21-39/h17-25,30-35H,26-29,36H2,1-16H3. The van der Waals surface area contributed by atoms with Gasteiger partial charge in [-0.3, -0.25) is 0 Å². The van der Waals surface area contributed by atoms with Crippen molar-refractivity contribution in [2.45, 2.75) is 175 Å². The molecule has 3 heterocycles. The van der Waals surface area contributed by atoms with Crippen molar-refractivity contribution >= 4 is 51.7 Å². The quantitative estimate of drug-likeness (QED) is 0.164. The lowest BCUT2D eigenvalue weighted by Gasteiger charge is -2.47. The monoisotopic (exact) mass is 861 g/mol. The van der Waals surface area contributed by atoms with Gasteiger partial charge in [0, 0.05) is 40.3 Å². The molecule has 0 N–H and O–H groups in total. The number of hydrogen-bond acceptors (Lipinski definition) is 3. The zero-order valence-electron chi connectivity index (χ0n) is 42.6. The third-order valence-corrected chi connectivity index (χ3v) is 16.5. The molecule has 1 aromatic heterocycles. The first-order chi connectivity index (χ1) is 30.3. The summed E-state index contributed by atoms with van der Waals surface area (Å²) < 4.78 is 7.76. The summed E-state index contributed by atoms with van der Waals surface area (Å²) in [6.07, 6.45) is 4.55. The van der Waals surface area contributed by atoms with Crippen LogP contribution in [0, 0.1) is 13.8 Å². The average Bonchev–Trinajstić information content (AvgIpc) is 3.65. The second kappa shape index (κ2) is 14.3. The van der Waals surface area contributed by atoms with Crippen molar-refractivity contribution in [3.05, 3.63) is 141 Å². The normalized spacial score (nSPS) is 18.7. The lowest BCUT2D eigenvalue weighted by atomic mass is 9.35. The fourth-order valence-electron chi connectivity index (χ4n) is 12.1. The molecule has 0 atom stereocenters. The van der Waals surface area contributed by atoms with Crippen LogP contribution in [0.25, 0.3) is 11.1 Å². The third-order valence-electron chi connectivity index (χ3n) is 16.5. The Kier molecular flexibility index (Phi) is 9.64. The van der Waals surface area contributed by atoms with Gasteiger partial charge >= 0.3 is 0 Å². The molecule has 65 heavy (non-hydrogen) atoms. The first-order valence-electron chi connectivity index (χ1n) is 24.7. The molecule has 0 unspecified atom stereocenters. The van der Waals surface area contributed by atoms with Crippen LogP contribution < -0.4 is 26.4 Å². The van der Waals surface area contributed by atoms with Gasteiger partial charge in [-0.1, -0.05) is 164 Å². The molecular formula is C61H73BN2O. The lowest BCUT2D eigenvalue weighted by molar-refractivity contribution is 0.282. The number of furan rings is 1. The molecule has 0 saturated carbocycles. The maximum atomic E-state index is 7.76. The molecule has 0 bridgehead atoms. The summed E-state index contributed by atoms with van der Waals surface area (Å²) in [7, 11) is 0. The van der Waals surface area contributed by atoms with Gasteiger partial charge in [-0.15, -0.1) is 0 Å². The predicted molar refractivity (Wildman–Crippen MR) is 280 cm³/mol. The lowest BCUT2D eigenvalue weighted by Crippen LogP contribution is -2.62. The van der Waals surface area contributed by atoms with Crippen LogP contribution in [-0.2, 0) is 39.0 Å². The van der Waals surface area contributed by atoms with Crippen LogP contribution >= 0.6 is 0 Å². The Balaban J connectivity index is 1.32. The summed E-state index contributed by atoms with van der Waals surface area (Å²) in [5.74, 6) is 1.18. The molecule has 336 valence electrons. The van der Waals surface area contributed by atoms with E-state index in [1.165, 1.54) is 114 Å². The van der Waals surface area contributed by atoms with Gasteiger partial charge in [0.05, 0.1) is 11.3 Å². The van der Waals surface area contributed by atoms with Crippen LogP contribution in [0.3, 0.4) is 0 Å². The Morgan fingerprint density at radius 3 is 1.82 bits per heavy atom. The van der Waals surface area contributed by atoms with Gasteiger partial charge in [0.1, 0.15) is 5.76 Å². The molecule has 4 heteroatoms. The molecule has 0 spiro atoms. The largest absolute Gasteiger partial charge is 0.472 e. The number of nitrogens with zero attached hydrogens (tertiary/aromatic N) is 2. The van der Waals surface area contributed by atoms with E-state index >= 15 is 0 Å². The van der Waals surface area contributed by atoms with Gasteiger partial charge < -0.3 is 14.2 Å². The van der Waals surface area contributed by atoms with E-state index in [-0.39, 0.29) is 39.2 Å². The maximum Gasteiger partial charge on any atom is 0.297 e. The van der Waals surface area contributed by atoms with Gasteiger partial charge in [-0.05, 0) is 152 Å². The molecule has 0 saturated heterocycles. The van der Waals surface area contributed by atoms with Crippen LogP contribution in [0.1, 0.15) is 173 Å². The first-order valence-corrected chi connectivity index (χ1v) is 24.7. The minimum atomic E-state index is -0.0976. The Morgan fingerprint density at radius 1 is 0.585 bits per heavy atom. The van der Waals surface area contributed by atoms with Gasteiger partial charge in [0.25, 0.3) is 6.71 Å². The Bertz CT molecular complexity index is 2910. The summed E-state index contributed by atoms with van der Waals surface area (Å²) in [5, 5.41) is 0. The maximum absolute atomic E-state index is 7.76. The van der Waals surface area contributed by atoms with Crippen LogP contribution in [0.5, 0.6) is 0 Å². The molecule has 10 rings (SSSR count). The predicted octanol–water partition coefficient (Wildman–Crippen LogP) is 14.8. The van der Waals surface area contributed by atoms with Gasteiger partial charge in [-0.2, -0.15) is 0 Å². The van der Waals surface area contributed by atoms with Crippen LogP contribution in [-0.4, -0.2) is 6.71 Å². The Labute approximate surface area is 392 Å². The zero-order chi connectivity index (χ0) is 46.6. The highest BCUT2D eigenvalue weighted by molar-refractivity contribution is 6.99. The molecule has 0 fully saturated rings. The average molecular weight is 861 g/mol. The molecule has 6 aromatic rings. The fraction of sp³-hybridized carbons (Fsp3) is 0.443. The minimum absolute atomic E-state index is 0.0193. The van der Waals surface area contributed by atoms with Crippen molar-refractivity contribution in [2.24, 2.45) is 0 Å². The van der Waals surface area contributed by atoms with Crippen LogP contribution in [0.4, 0.5) is 28.4 Å². The van der Waals surface area contributed by atoms with E-state index in [2.05, 4.69) is 212 Å². The van der Waals surface area contributed by atoms with Crippen molar-refractivity contribution < 1.29 is 4.42 Å². The highest BCUT2D eigenvalue weighted by atomic mass is 16.3. The number of rotatable bonds is 4. The molecule has 5 aromatic carbocycles. The molecule has 2 aliphatic carbocycles. The van der Waals surface area contributed by atoms with Gasteiger partial charge in [-0.25, -0.2) is 0 Å². The van der Waals surface area contributed by atoms with Crippen molar-refractivity contribution in [3.8, 4) is 11.1 Å². The van der Waals surface area contributed by atoms with E-state index in [4.69, 9.17) is 4.42 Å². The van der Waals surface area contributed by atoms with Crippen LogP contribution in [0.15, 0.2) is 95.4 Å². The molecule has 2 aliphatic heterocycles. The Morgan fingerprint density at radius 2 is 1.17 bits per heavy atom. The van der Waals surface area contributed by atoms with E-state index in [0.717, 1.165) is 25.0 Å². The molecule has 4 aliphatic rings. The third kappa shape index (κ3) is 6.89. The second-order valence-corrected chi connectivity index (χ2v) is 25.3. The smallest absolute Gasteiger partial charge is 0.297 e. The van der Waals surface area contributed by atoms with Crippen molar-refractivity contribution in [1.29, 1.82) is 0 Å².